The first-order valence-electron chi connectivity index (χ1n) is 10.5. The molecule has 3 unspecified atom stereocenters. The topological polar surface area (TPSA) is 133 Å². The Labute approximate surface area is 178 Å². The summed E-state index contributed by atoms with van der Waals surface area (Å²) in [6, 6.07) is 1.74. The zero-order valence-corrected chi connectivity index (χ0v) is 19.2. The molecule has 0 aliphatic heterocycles. The molecule has 170 valence electrons. The minimum atomic E-state index is -2.18. The summed E-state index contributed by atoms with van der Waals surface area (Å²) in [5.41, 5.74) is 5.87. The number of nitrogens with zero attached hydrogens (tertiary/aromatic N) is 3. The molecule has 0 bridgehead atoms. The molecular formula is C20H35N4O5P. The number of ether oxygens (including phenoxy) is 1. The Morgan fingerprint density at radius 1 is 1.30 bits per heavy atom. The first-order chi connectivity index (χ1) is 14.3. The van der Waals surface area contributed by atoms with Crippen LogP contribution >= 0.6 is 8.03 Å². The summed E-state index contributed by atoms with van der Waals surface area (Å²) in [5.74, 6) is 0.328. The van der Waals surface area contributed by atoms with Crippen LogP contribution in [0, 0.1) is 0 Å². The van der Waals surface area contributed by atoms with E-state index in [1.165, 1.54) is 6.33 Å². The fraction of sp³-hybridized carbons (Fsp3) is 0.700. The Morgan fingerprint density at radius 3 is 2.60 bits per heavy atom. The summed E-state index contributed by atoms with van der Waals surface area (Å²) < 4.78 is 26.2. The number of rotatable bonds is 13. The van der Waals surface area contributed by atoms with Crippen LogP contribution in [0.2, 0.25) is 0 Å². The van der Waals surface area contributed by atoms with Gasteiger partial charge in [0.25, 0.3) is 0 Å². The third-order valence-corrected chi connectivity index (χ3v) is 7.84. The number of anilines is 1. The fourth-order valence-corrected chi connectivity index (χ4v) is 4.87. The third kappa shape index (κ3) is 5.80. The molecule has 0 saturated heterocycles. The van der Waals surface area contributed by atoms with Gasteiger partial charge in [0.15, 0.2) is 14.3 Å². The second kappa shape index (κ2) is 11.2. The van der Waals surface area contributed by atoms with E-state index in [-0.39, 0.29) is 12.3 Å². The predicted molar refractivity (Wildman–Crippen MR) is 118 cm³/mol. The highest BCUT2D eigenvalue weighted by atomic mass is 31.1. The lowest BCUT2D eigenvalue weighted by molar-refractivity contribution is -0.105. The summed E-state index contributed by atoms with van der Waals surface area (Å²) in [5, 5.41) is 20.5. The molecule has 0 spiro atoms. The summed E-state index contributed by atoms with van der Waals surface area (Å²) in [6.07, 6.45) is 3.83. The number of hydrogen-bond acceptors (Lipinski definition) is 8. The van der Waals surface area contributed by atoms with Gasteiger partial charge in [0, 0.05) is 18.3 Å². The molecule has 0 aliphatic carbocycles. The predicted octanol–water partition coefficient (Wildman–Crippen LogP) is 3.12. The van der Waals surface area contributed by atoms with Crippen molar-refractivity contribution in [2.24, 2.45) is 0 Å². The molecule has 0 aliphatic rings. The molecule has 0 aromatic carbocycles. The Morgan fingerprint density at radius 2 is 2.00 bits per heavy atom. The van der Waals surface area contributed by atoms with Crippen LogP contribution in [-0.4, -0.2) is 55.3 Å². The van der Waals surface area contributed by atoms with Gasteiger partial charge in [0.2, 0.25) is 0 Å². The first-order valence-corrected chi connectivity index (χ1v) is 11.9. The van der Waals surface area contributed by atoms with Crippen LogP contribution < -0.4 is 5.73 Å². The minimum absolute atomic E-state index is 0.0714. The average molecular weight is 442 g/mol. The second-order valence-electron chi connectivity index (χ2n) is 7.72. The largest absolute Gasteiger partial charge is 0.394 e. The van der Waals surface area contributed by atoms with Gasteiger partial charge in [-0.05, 0) is 32.3 Å². The smallest absolute Gasteiger partial charge is 0.195 e. The van der Waals surface area contributed by atoms with Gasteiger partial charge < -0.3 is 29.8 Å². The molecule has 4 atom stereocenters. The second-order valence-corrected chi connectivity index (χ2v) is 9.38. The number of fused-ring (bicyclic) bond motifs is 1. The van der Waals surface area contributed by atoms with E-state index in [1.807, 2.05) is 27.7 Å². The normalized spacial score (nSPS) is 17.2. The molecule has 0 radical (unpaired) electrons. The number of aliphatic hydroxyl groups is 2. The van der Waals surface area contributed by atoms with Gasteiger partial charge in [0.05, 0.1) is 24.2 Å². The standard InChI is InChI=1S/C20H35N4O5P/c1-5-14(6-2)30(27)29-20(4,7-3)9-11-28-19(16(26)12-25)24-10-8-15-17(21)22-13-23-18(15)24/h8,10,13-14,16,19,25-26,30H,5-7,9,11-12H2,1-4H3,(H2,21,22,23)/t16-,19?,20?/m1/s1. The van der Waals surface area contributed by atoms with Gasteiger partial charge in [-0.25, -0.2) is 9.97 Å². The van der Waals surface area contributed by atoms with Crippen LogP contribution in [0.15, 0.2) is 18.6 Å². The molecule has 10 heteroatoms. The maximum atomic E-state index is 12.6. The molecule has 2 rings (SSSR count). The molecule has 2 heterocycles. The first kappa shape index (κ1) is 24.8. The number of hydrogen-bond donors (Lipinski definition) is 3. The van der Waals surface area contributed by atoms with E-state index in [4.69, 9.17) is 15.0 Å². The van der Waals surface area contributed by atoms with Crippen molar-refractivity contribution in [1.82, 2.24) is 14.5 Å². The zero-order chi connectivity index (χ0) is 22.3. The van der Waals surface area contributed by atoms with Gasteiger partial charge in [-0.2, -0.15) is 0 Å². The summed E-state index contributed by atoms with van der Waals surface area (Å²) >= 11 is 0. The fourth-order valence-electron chi connectivity index (χ4n) is 3.31. The molecule has 0 amide bonds. The van der Waals surface area contributed by atoms with Crippen LogP contribution in [-0.2, 0) is 13.8 Å². The molecule has 0 fully saturated rings. The lowest BCUT2D eigenvalue weighted by Crippen LogP contribution is -2.33. The van der Waals surface area contributed by atoms with Crippen molar-refractivity contribution in [2.75, 3.05) is 18.9 Å². The van der Waals surface area contributed by atoms with Gasteiger partial charge in [-0.1, -0.05) is 20.8 Å². The molecule has 2 aromatic rings. The number of nitrogens with two attached hydrogens (primary N) is 1. The highest BCUT2D eigenvalue weighted by Gasteiger charge is 2.30. The van der Waals surface area contributed by atoms with Crippen molar-refractivity contribution in [3.8, 4) is 0 Å². The van der Waals surface area contributed by atoms with E-state index >= 15 is 0 Å². The van der Waals surface area contributed by atoms with Crippen molar-refractivity contribution in [3.63, 3.8) is 0 Å². The van der Waals surface area contributed by atoms with Crippen molar-refractivity contribution in [1.29, 1.82) is 0 Å². The summed E-state index contributed by atoms with van der Waals surface area (Å²) in [6.45, 7) is 7.72. The minimum Gasteiger partial charge on any atom is -0.394 e. The maximum absolute atomic E-state index is 12.6. The van der Waals surface area contributed by atoms with Crippen molar-refractivity contribution in [2.45, 2.75) is 77.0 Å². The van der Waals surface area contributed by atoms with Crippen LogP contribution in [0.25, 0.3) is 11.0 Å². The Bertz CT molecular complexity index is 829. The lowest BCUT2D eigenvalue weighted by atomic mass is 10.0. The molecule has 30 heavy (non-hydrogen) atoms. The zero-order valence-electron chi connectivity index (χ0n) is 18.2. The SMILES string of the molecule is CCC(CC)[PH](=O)OC(C)(CC)CCOC([C@H](O)CO)n1ccc2c(N)ncnc21. The number of aromatic nitrogens is 3. The van der Waals surface area contributed by atoms with Crippen LogP contribution in [0.5, 0.6) is 0 Å². The van der Waals surface area contributed by atoms with Crippen LogP contribution in [0.4, 0.5) is 5.82 Å². The Hall–Kier alpha value is -1.51. The third-order valence-electron chi connectivity index (χ3n) is 5.66. The maximum Gasteiger partial charge on any atom is 0.195 e. The van der Waals surface area contributed by atoms with E-state index < -0.39 is 32.6 Å². The Kier molecular flexibility index (Phi) is 9.25. The number of nitrogen functional groups attached to an aromatic ring is 1. The quantitative estimate of drug-likeness (QED) is 0.403. The van der Waals surface area contributed by atoms with Crippen LogP contribution in [0.3, 0.4) is 0 Å². The average Bonchev–Trinajstić information content (AvgIpc) is 3.16. The highest BCUT2D eigenvalue weighted by Crippen LogP contribution is 2.41. The monoisotopic (exact) mass is 442 g/mol. The Balaban J connectivity index is 2.12. The van der Waals surface area contributed by atoms with Gasteiger partial charge in [-0.3, -0.25) is 4.57 Å². The summed E-state index contributed by atoms with van der Waals surface area (Å²) in [7, 11) is -2.18. The van der Waals surface area contributed by atoms with Crippen LogP contribution in [0.1, 0.15) is 59.6 Å². The van der Waals surface area contributed by atoms with E-state index in [0.29, 0.717) is 29.7 Å². The van der Waals surface area contributed by atoms with E-state index in [1.54, 1.807) is 16.8 Å². The van der Waals surface area contributed by atoms with Gasteiger partial charge >= 0.3 is 0 Å². The molecular weight excluding hydrogens is 407 g/mol. The molecule has 4 N–H and O–H groups in total. The van der Waals surface area contributed by atoms with E-state index in [0.717, 1.165) is 12.8 Å². The van der Waals surface area contributed by atoms with Gasteiger partial charge in [-0.15, -0.1) is 0 Å². The van der Waals surface area contributed by atoms with Gasteiger partial charge in [0.1, 0.15) is 23.9 Å². The van der Waals surface area contributed by atoms with Crippen molar-refractivity contribution >= 4 is 24.9 Å². The van der Waals surface area contributed by atoms with Crippen molar-refractivity contribution in [3.05, 3.63) is 18.6 Å². The summed E-state index contributed by atoms with van der Waals surface area (Å²) in [4.78, 5) is 8.19. The molecule has 9 nitrogen and oxygen atoms in total. The molecule has 0 saturated carbocycles. The lowest BCUT2D eigenvalue weighted by Gasteiger charge is -2.31. The molecule has 2 aromatic heterocycles. The van der Waals surface area contributed by atoms with Crippen molar-refractivity contribution < 1.29 is 24.0 Å². The highest BCUT2D eigenvalue weighted by molar-refractivity contribution is 7.40. The van der Waals surface area contributed by atoms with E-state index in [2.05, 4.69) is 9.97 Å². The number of aliphatic hydroxyl groups excluding tert-OH is 2. The van der Waals surface area contributed by atoms with E-state index in [9.17, 15) is 14.8 Å².